The lowest BCUT2D eigenvalue weighted by Gasteiger charge is -2.10. The standard InChI is InChI=1S/C36H22N4S/c1-3-8-23(9-4-1)24-13-16-27(17-14-24)34-38-33(26-10-5-2-6-11-26)39-35(40-34)28-18-15-25-19-20-29-30-12-7-21-37-36(30)41-32(29)31(25)22-28/h1-22H. The van der Waals surface area contributed by atoms with Crippen molar-refractivity contribution < 1.29 is 0 Å². The number of rotatable bonds is 4. The van der Waals surface area contributed by atoms with Crippen LogP contribution < -0.4 is 0 Å². The van der Waals surface area contributed by atoms with Gasteiger partial charge in [0, 0.05) is 43.7 Å². The molecular formula is C36H22N4S. The largest absolute Gasteiger partial charge is 0.245 e. The van der Waals surface area contributed by atoms with E-state index in [-0.39, 0.29) is 0 Å². The molecule has 0 aliphatic carbocycles. The fraction of sp³-hybridized carbons (Fsp3) is 0. The average molecular weight is 543 g/mol. The Morgan fingerprint density at radius 1 is 0.415 bits per heavy atom. The van der Waals surface area contributed by atoms with Crippen LogP contribution in [0.25, 0.3) is 76.4 Å². The zero-order valence-electron chi connectivity index (χ0n) is 21.9. The van der Waals surface area contributed by atoms with Gasteiger partial charge in [0.25, 0.3) is 0 Å². The highest BCUT2D eigenvalue weighted by atomic mass is 32.1. The number of aromatic nitrogens is 4. The molecule has 0 saturated heterocycles. The summed E-state index contributed by atoms with van der Waals surface area (Å²) in [5.74, 6) is 1.96. The van der Waals surface area contributed by atoms with Gasteiger partial charge < -0.3 is 0 Å². The molecule has 0 aliphatic rings. The summed E-state index contributed by atoms with van der Waals surface area (Å²) in [6.45, 7) is 0. The zero-order valence-corrected chi connectivity index (χ0v) is 22.7. The van der Waals surface area contributed by atoms with Crippen LogP contribution in [-0.2, 0) is 0 Å². The van der Waals surface area contributed by atoms with E-state index in [4.69, 9.17) is 15.0 Å². The summed E-state index contributed by atoms with van der Waals surface area (Å²) in [6.07, 6.45) is 1.86. The highest BCUT2D eigenvalue weighted by Crippen LogP contribution is 2.38. The Labute approximate surface area is 240 Å². The van der Waals surface area contributed by atoms with Gasteiger partial charge in [0.05, 0.1) is 0 Å². The SMILES string of the molecule is c1ccc(-c2ccc(-c3nc(-c4ccccc4)nc(-c4ccc5ccc6c7cccnc7sc6c5c4)n3)cc2)cc1. The summed E-state index contributed by atoms with van der Waals surface area (Å²) < 4.78 is 1.23. The second-order valence-corrected chi connectivity index (χ2v) is 11.0. The van der Waals surface area contributed by atoms with E-state index in [1.165, 1.54) is 31.8 Å². The molecule has 0 radical (unpaired) electrons. The Kier molecular flexibility index (Phi) is 5.61. The molecule has 0 N–H and O–H groups in total. The van der Waals surface area contributed by atoms with Crippen molar-refractivity contribution in [2.75, 3.05) is 0 Å². The third-order valence-electron chi connectivity index (χ3n) is 7.41. The molecule has 0 bridgehead atoms. The molecule has 0 aliphatic heterocycles. The van der Waals surface area contributed by atoms with E-state index < -0.39 is 0 Å². The van der Waals surface area contributed by atoms with E-state index in [0.29, 0.717) is 17.5 Å². The molecular weight excluding hydrogens is 520 g/mol. The lowest BCUT2D eigenvalue weighted by molar-refractivity contribution is 1.07. The van der Waals surface area contributed by atoms with Crippen LogP contribution in [-0.4, -0.2) is 19.9 Å². The Hall–Kier alpha value is -5.26. The minimum Gasteiger partial charge on any atom is -0.245 e. The van der Waals surface area contributed by atoms with Crippen molar-refractivity contribution in [1.29, 1.82) is 0 Å². The minimum absolute atomic E-state index is 0.651. The van der Waals surface area contributed by atoms with E-state index in [1.807, 2.05) is 48.7 Å². The topological polar surface area (TPSA) is 51.6 Å². The molecule has 0 atom stereocenters. The summed E-state index contributed by atoms with van der Waals surface area (Å²) in [5, 5.41) is 4.77. The first-order chi connectivity index (χ1) is 20.3. The summed E-state index contributed by atoms with van der Waals surface area (Å²) in [6, 6.07) is 43.9. The molecule has 3 aromatic heterocycles. The number of benzene rings is 5. The van der Waals surface area contributed by atoms with Gasteiger partial charge in [-0.2, -0.15) is 0 Å². The molecule has 8 aromatic rings. The number of hydrogen-bond donors (Lipinski definition) is 0. The average Bonchev–Trinajstić information content (AvgIpc) is 3.45. The van der Waals surface area contributed by atoms with Crippen LogP contribution in [0.3, 0.4) is 0 Å². The molecule has 5 aromatic carbocycles. The quantitative estimate of drug-likeness (QED) is 0.222. The fourth-order valence-electron chi connectivity index (χ4n) is 5.32. The van der Waals surface area contributed by atoms with Crippen LogP contribution in [0.5, 0.6) is 0 Å². The molecule has 0 fully saturated rings. The number of thiophene rings is 1. The first kappa shape index (κ1) is 23.6. The Bertz CT molecular complexity index is 2190. The van der Waals surface area contributed by atoms with E-state index in [0.717, 1.165) is 27.1 Å². The zero-order chi connectivity index (χ0) is 27.2. The number of nitrogens with zero attached hydrogens (tertiary/aromatic N) is 4. The van der Waals surface area contributed by atoms with Gasteiger partial charge in [-0.25, -0.2) is 19.9 Å². The predicted molar refractivity (Wildman–Crippen MR) is 170 cm³/mol. The van der Waals surface area contributed by atoms with E-state index in [9.17, 15) is 0 Å². The fourth-order valence-corrected chi connectivity index (χ4v) is 6.49. The maximum atomic E-state index is 5.00. The number of pyridine rings is 1. The van der Waals surface area contributed by atoms with Crippen molar-refractivity contribution >= 4 is 42.4 Å². The number of fused-ring (bicyclic) bond motifs is 5. The highest BCUT2D eigenvalue weighted by molar-refractivity contribution is 7.26. The van der Waals surface area contributed by atoms with Crippen LogP contribution in [0.2, 0.25) is 0 Å². The van der Waals surface area contributed by atoms with Crippen LogP contribution in [0.15, 0.2) is 134 Å². The summed E-state index contributed by atoms with van der Waals surface area (Å²) in [7, 11) is 0. The normalized spacial score (nSPS) is 11.4. The van der Waals surface area contributed by atoms with Gasteiger partial charge in [-0.3, -0.25) is 0 Å². The van der Waals surface area contributed by atoms with Crippen molar-refractivity contribution in [3.8, 4) is 45.3 Å². The Balaban J connectivity index is 1.29. The summed E-state index contributed by atoms with van der Waals surface area (Å²) in [5.41, 5.74) is 5.20. The lowest BCUT2D eigenvalue weighted by Crippen LogP contribution is -2.00. The molecule has 5 heteroatoms. The molecule has 3 heterocycles. The van der Waals surface area contributed by atoms with Crippen molar-refractivity contribution in [3.05, 3.63) is 134 Å². The maximum absolute atomic E-state index is 5.00. The second-order valence-electron chi connectivity index (χ2n) is 9.95. The molecule has 8 rings (SSSR count). The molecule has 0 saturated carbocycles. The molecule has 4 nitrogen and oxygen atoms in total. The maximum Gasteiger partial charge on any atom is 0.164 e. The monoisotopic (exact) mass is 542 g/mol. The third kappa shape index (κ3) is 4.24. The van der Waals surface area contributed by atoms with Crippen molar-refractivity contribution in [2.45, 2.75) is 0 Å². The van der Waals surface area contributed by atoms with Gasteiger partial charge in [-0.1, -0.05) is 109 Å². The van der Waals surface area contributed by atoms with Gasteiger partial charge in [-0.05, 0) is 34.7 Å². The van der Waals surface area contributed by atoms with Gasteiger partial charge >= 0.3 is 0 Å². The Morgan fingerprint density at radius 2 is 0.976 bits per heavy atom. The van der Waals surface area contributed by atoms with E-state index >= 15 is 0 Å². The van der Waals surface area contributed by atoms with E-state index in [2.05, 4.69) is 89.9 Å². The molecule has 192 valence electrons. The second kappa shape index (κ2) is 9.73. The van der Waals surface area contributed by atoms with Crippen LogP contribution in [0.1, 0.15) is 0 Å². The van der Waals surface area contributed by atoms with Gasteiger partial charge in [-0.15, -0.1) is 11.3 Å². The summed E-state index contributed by atoms with van der Waals surface area (Å²) >= 11 is 1.73. The van der Waals surface area contributed by atoms with Gasteiger partial charge in [0.15, 0.2) is 17.5 Å². The molecule has 0 amide bonds. The van der Waals surface area contributed by atoms with E-state index in [1.54, 1.807) is 11.3 Å². The molecule has 0 spiro atoms. The first-order valence-corrected chi connectivity index (χ1v) is 14.3. The smallest absolute Gasteiger partial charge is 0.164 e. The molecule has 41 heavy (non-hydrogen) atoms. The Morgan fingerprint density at radius 3 is 1.71 bits per heavy atom. The first-order valence-electron chi connectivity index (χ1n) is 13.5. The predicted octanol–water partition coefficient (Wildman–Crippen LogP) is 9.46. The van der Waals surface area contributed by atoms with Crippen molar-refractivity contribution in [1.82, 2.24) is 19.9 Å². The lowest BCUT2D eigenvalue weighted by atomic mass is 10.0. The van der Waals surface area contributed by atoms with Crippen LogP contribution in [0, 0.1) is 0 Å². The van der Waals surface area contributed by atoms with Crippen molar-refractivity contribution in [2.24, 2.45) is 0 Å². The van der Waals surface area contributed by atoms with Crippen LogP contribution >= 0.6 is 11.3 Å². The minimum atomic E-state index is 0.651. The molecule has 0 unspecified atom stereocenters. The van der Waals surface area contributed by atoms with Crippen LogP contribution in [0.4, 0.5) is 0 Å². The van der Waals surface area contributed by atoms with Gasteiger partial charge in [0.1, 0.15) is 4.83 Å². The number of hydrogen-bond acceptors (Lipinski definition) is 5. The van der Waals surface area contributed by atoms with Gasteiger partial charge in [0.2, 0.25) is 0 Å². The van der Waals surface area contributed by atoms with Crippen molar-refractivity contribution in [3.63, 3.8) is 0 Å². The highest BCUT2D eigenvalue weighted by Gasteiger charge is 2.15. The third-order valence-corrected chi connectivity index (χ3v) is 8.57. The summed E-state index contributed by atoms with van der Waals surface area (Å²) in [4.78, 5) is 20.5.